The van der Waals surface area contributed by atoms with Crippen LogP contribution in [-0.2, 0) is 9.59 Å². The molecule has 2 N–H and O–H groups in total. The van der Waals surface area contributed by atoms with Crippen molar-refractivity contribution < 1.29 is 19.8 Å². The lowest BCUT2D eigenvalue weighted by atomic mass is 9.98. The third-order valence-electron chi connectivity index (χ3n) is 2.53. The van der Waals surface area contributed by atoms with Crippen LogP contribution >= 0.6 is 0 Å². The Balaban J connectivity index is 2.34. The van der Waals surface area contributed by atoms with E-state index in [0.29, 0.717) is 13.1 Å². The van der Waals surface area contributed by atoms with Gasteiger partial charge in [-0.1, -0.05) is 0 Å². The lowest BCUT2D eigenvalue weighted by molar-refractivity contribution is -0.144. The van der Waals surface area contributed by atoms with E-state index in [-0.39, 0.29) is 18.4 Å². The summed E-state index contributed by atoms with van der Waals surface area (Å²) in [5.41, 5.74) is 0. The summed E-state index contributed by atoms with van der Waals surface area (Å²) in [6.45, 7) is 1.29. The van der Waals surface area contributed by atoms with Crippen LogP contribution in [0.25, 0.3) is 0 Å². The van der Waals surface area contributed by atoms with Gasteiger partial charge in [-0.25, -0.2) is 0 Å². The van der Waals surface area contributed by atoms with Gasteiger partial charge < -0.3 is 15.1 Å². The maximum Gasteiger partial charge on any atom is 0.312 e. The minimum atomic E-state index is -1.08. The SMILES string of the molecule is O=C(O)CC(=O)N1CCC(CO)CC1. The van der Waals surface area contributed by atoms with Gasteiger partial charge in [0.2, 0.25) is 5.91 Å². The monoisotopic (exact) mass is 201 g/mol. The first-order valence-electron chi connectivity index (χ1n) is 4.74. The highest BCUT2D eigenvalue weighted by Crippen LogP contribution is 2.16. The van der Waals surface area contributed by atoms with E-state index >= 15 is 0 Å². The quantitative estimate of drug-likeness (QED) is 0.614. The number of aliphatic carboxylic acids is 1. The third kappa shape index (κ3) is 2.99. The van der Waals surface area contributed by atoms with E-state index in [0.717, 1.165) is 12.8 Å². The van der Waals surface area contributed by atoms with Crippen molar-refractivity contribution in [3.05, 3.63) is 0 Å². The molecule has 0 radical (unpaired) electrons. The average Bonchev–Trinajstić information content (AvgIpc) is 2.17. The highest BCUT2D eigenvalue weighted by atomic mass is 16.4. The molecule has 5 nitrogen and oxygen atoms in total. The standard InChI is InChI=1S/C9H15NO4/c11-6-7-1-3-10(4-2-7)8(12)5-9(13)14/h7,11H,1-6H2,(H,13,14). The first-order chi connectivity index (χ1) is 6.63. The summed E-state index contributed by atoms with van der Waals surface area (Å²) >= 11 is 0. The normalized spacial score (nSPS) is 18.2. The number of nitrogens with zero attached hydrogens (tertiary/aromatic N) is 1. The van der Waals surface area contributed by atoms with Crippen LogP contribution in [0.1, 0.15) is 19.3 Å². The summed E-state index contributed by atoms with van der Waals surface area (Å²) < 4.78 is 0. The minimum absolute atomic E-state index is 0.154. The van der Waals surface area contributed by atoms with Crippen molar-refractivity contribution in [3.8, 4) is 0 Å². The van der Waals surface area contributed by atoms with Crippen LogP contribution in [0.4, 0.5) is 0 Å². The van der Waals surface area contributed by atoms with Crippen LogP contribution in [0.5, 0.6) is 0 Å². The zero-order valence-electron chi connectivity index (χ0n) is 7.98. The second-order valence-electron chi connectivity index (χ2n) is 3.58. The zero-order valence-corrected chi connectivity index (χ0v) is 7.98. The zero-order chi connectivity index (χ0) is 10.6. The van der Waals surface area contributed by atoms with Crippen molar-refractivity contribution in [2.24, 2.45) is 5.92 Å². The number of amides is 1. The number of aliphatic hydroxyl groups is 1. The first-order valence-corrected chi connectivity index (χ1v) is 4.74. The molecule has 1 aliphatic heterocycles. The number of aliphatic hydroxyl groups excluding tert-OH is 1. The summed E-state index contributed by atoms with van der Waals surface area (Å²) in [4.78, 5) is 23.1. The van der Waals surface area contributed by atoms with Crippen LogP contribution in [0, 0.1) is 5.92 Å². The smallest absolute Gasteiger partial charge is 0.312 e. The van der Waals surface area contributed by atoms with Crippen molar-refractivity contribution in [1.82, 2.24) is 4.90 Å². The largest absolute Gasteiger partial charge is 0.481 e. The Bertz CT molecular complexity index is 221. The Kier molecular flexibility index (Phi) is 3.88. The molecule has 5 heteroatoms. The number of likely N-dealkylation sites (tertiary alicyclic amines) is 1. The van der Waals surface area contributed by atoms with Crippen LogP contribution in [0.15, 0.2) is 0 Å². The van der Waals surface area contributed by atoms with E-state index in [4.69, 9.17) is 10.2 Å². The molecule has 1 aliphatic rings. The Hall–Kier alpha value is -1.10. The molecular formula is C9H15NO4. The minimum Gasteiger partial charge on any atom is -0.481 e. The van der Waals surface area contributed by atoms with Gasteiger partial charge in [0.15, 0.2) is 0 Å². The van der Waals surface area contributed by atoms with E-state index in [1.165, 1.54) is 0 Å². The van der Waals surface area contributed by atoms with Crippen molar-refractivity contribution in [2.75, 3.05) is 19.7 Å². The van der Waals surface area contributed by atoms with Gasteiger partial charge in [-0.2, -0.15) is 0 Å². The molecule has 0 aromatic heterocycles. The Morgan fingerprint density at radius 3 is 2.29 bits per heavy atom. The Morgan fingerprint density at radius 1 is 1.29 bits per heavy atom. The number of carboxylic acids is 1. The van der Waals surface area contributed by atoms with Gasteiger partial charge >= 0.3 is 5.97 Å². The molecule has 1 rings (SSSR count). The number of rotatable bonds is 3. The topological polar surface area (TPSA) is 77.8 Å². The molecule has 80 valence electrons. The molecule has 0 spiro atoms. The van der Waals surface area contributed by atoms with E-state index < -0.39 is 12.4 Å². The van der Waals surface area contributed by atoms with Crippen LogP contribution < -0.4 is 0 Å². The molecule has 0 aromatic carbocycles. The van der Waals surface area contributed by atoms with E-state index in [1.807, 2.05) is 0 Å². The fraction of sp³-hybridized carbons (Fsp3) is 0.778. The van der Waals surface area contributed by atoms with Gasteiger partial charge in [0.05, 0.1) is 0 Å². The number of piperidine rings is 1. The number of carbonyl (C=O) groups excluding carboxylic acids is 1. The molecular weight excluding hydrogens is 186 g/mol. The first kappa shape index (κ1) is 11.0. The molecule has 1 fully saturated rings. The molecule has 0 bridgehead atoms. The van der Waals surface area contributed by atoms with Gasteiger partial charge in [-0.05, 0) is 18.8 Å². The molecule has 0 saturated carbocycles. The van der Waals surface area contributed by atoms with E-state index in [1.54, 1.807) is 4.90 Å². The van der Waals surface area contributed by atoms with Gasteiger partial charge in [0.25, 0.3) is 0 Å². The molecule has 0 aliphatic carbocycles. The number of hydrogen-bond donors (Lipinski definition) is 2. The summed E-state index contributed by atoms with van der Waals surface area (Å²) in [6, 6.07) is 0. The number of hydrogen-bond acceptors (Lipinski definition) is 3. The third-order valence-corrected chi connectivity index (χ3v) is 2.53. The molecule has 1 heterocycles. The van der Waals surface area contributed by atoms with Crippen molar-refractivity contribution in [3.63, 3.8) is 0 Å². The molecule has 1 amide bonds. The second-order valence-corrected chi connectivity index (χ2v) is 3.58. The second kappa shape index (κ2) is 4.95. The lowest BCUT2D eigenvalue weighted by Crippen LogP contribution is -2.39. The summed E-state index contributed by atoms with van der Waals surface area (Å²) in [6.07, 6.45) is 1.10. The average molecular weight is 201 g/mol. The lowest BCUT2D eigenvalue weighted by Gasteiger charge is -2.30. The van der Waals surface area contributed by atoms with Crippen LogP contribution in [-0.4, -0.2) is 46.7 Å². The van der Waals surface area contributed by atoms with Gasteiger partial charge in [-0.3, -0.25) is 9.59 Å². The van der Waals surface area contributed by atoms with E-state index in [9.17, 15) is 9.59 Å². The summed E-state index contributed by atoms with van der Waals surface area (Å²) in [7, 11) is 0. The van der Waals surface area contributed by atoms with Gasteiger partial charge in [-0.15, -0.1) is 0 Å². The Labute approximate surface area is 82.3 Å². The maximum absolute atomic E-state index is 11.3. The predicted molar refractivity (Wildman–Crippen MR) is 48.6 cm³/mol. The van der Waals surface area contributed by atoms with Gasteiger partial charge in [0, 0.05) is 19.7 Å². The highest BCUT2D eigenvalue weighted by Gasteiger charge is 2.23. The highest BCUT2D eigenvalue weighted by molar-refractivity contribution is 5.93. The van der Waals surface area contributed by atoms with E-state index in [2.05, 4.69) is 0 Å². The fourth-order valence-corrected chi connectivity index (χ4v) is 1.61. The van der Waals surface area contributed by atoms with Crippen LogP contribution in [0.2, 0.25) is 0 Å². The summed E-state index contributed by atoms with van der Waals surface area (Å²) in [5.74, 6) is -1.14. The van der Waals surface area contributed by atoms with Gasteiger partial charge in [0.1, 0.15) is 6.42 Å². The van der Waals surface area contributed by atoms with Crippen molar-refractivity contribution in [1.29, 1.82) is 0 Å². The van der Waals surface area contributed by atoms with Crippen molar-refractivity contribution >= 4 is 11.9 Å². The van der Waals surface area contributed by atoms with Crippen molar-refractivity contribution in [2.45, 2.75) is 19.3 Å². The molecule has 0 unspecified atom stereocenters. The maximum atomic E-state index is 11.3. The molecule has 0 aromatic rings. The fourth-order valence-electron chi connectivity index (χ4n) is 1.61. The number of carbonyl (C=O) groups is 2. The Morgan fingerprint density at radius 2 is 1.86 bits per heavy atom. The molecule has 14 heavy (non-hydrogen) atoms. The molecule has 0 atom stereocenters. The molecule has 1 saturated heterocycles. The predicted octanol–water partition coefficient (Wildman–Crippen LogP) is -0.308. The van der Waals surface area contributed by atoms with Crippen LogP contribution in [0.3, 0.4) is 0 Å². The number of carboxylic acid groups (broad SMARTS) is 1. The summed E-state index contributed by atoms with van der Waals surface area (Å²) in [5, 5.41) is 17.3.